The Kier molecular flexibility index (Phi) is 7.02. The lowest BCUT2D eigenvalue weighted by molar-refractivity contribution is 0.163. The van der Waals surface area contributed by atoms with Crippen LogP contribution in [0.4, 0.5) is 5.69 Å². The first-order chi connectivity index (χ1) is 14.8. The fraction of sp³-hybridized carbons (Fsp3) is 0.250. The highest BCUT2D eigenvalue weighted by Crippen LogP contribution is 2.39. The van der Waals surface area contributed by atoms with Gasteiger partial charge in [-0.2, -0.15) is 0 Å². The van der Waals surface area contributed by atoms with Crippen molar-refractivity contribution in [3.8, 4) is 16.2 Å². The topological polar surface area (TPSA) is 59.1 Å². The third kappa shape index (κ3) is 5.15. The molecule has 0 amide bonds. The van der Waals surface area contributed by atoms with Crippen LogP contribution in [0.2, 0.25) is 0 Å². The number of nitrogens with one attached hydrogen (secondary N) is 2. The van der Waals surface area contributed by atoms with Gasteiger partial charge in [-0.15, -0.1) is 23.7 Å². The minimum absolute atomic E-state index is 0. The van der Waals surface area contributed by atoms with Crippen LogP contribution < -0.4 is 15.4 Å². The Morgan fingerprint density at radius 3 is 2.71 bits per heavy atom. The van der Waals surface area contributed by atoms with Crippen molar-refractivity contribution in [1.82, 2.24) is 15.3 Å². The van der Waals surface area contributed by atoms with Crippen molar-refractivity contribution in [2.75, 3.05) is 18.4 Å². The van der Waals surface area contributed by atoms with Crippen molar-refractivity contribution < 1.29 is 4.74 Å². The van der Waals surface area contributed by atoms with Gasteiger partial charge in [-0.25, -0.2) is 0 Å². The summed E-state index contributed by atoms with van der Waals surface area (Å²) in [5.74, 6) is 0.955. The number of ether oxygens (including phenoxy) is 1. The molecule has 3 aromatic heterocycles. The highest BCUT2D eigenvalue weighted by Gasteiger charge is 2.18. The third-order valence-electron chi connectivity index (χ3n) is 5.37. The Morgan fingerprint density at radius 2 is 1.87 bits per heavy atom. The van der Waals surface area contributed by atoms with Crippen LogP contribution in [0.5, 0.6) is 5.75 Å². The summed E-state index contributed by atoms with van der Waals surface area (Å²) in [6, 6.07) is 14.8. The summed E-state index contributed by atoms with van der Waals surface area (Å²) in [7, 11) is 0. The molecule has 0 unspecified atom stereocenters. The minimum atomic E-state index is 0. The van der Waals surface area contributed by atoms with Crippen molar-refractivity contribution in [2.45, 2.75) is 25.5 Å². The standard InChI is InChI=1S/C24H24N4OS.ClH/c1-2-19(15-26-8-1)28-16-21-3-4-24(30-21)22-12-17-5-9-27-14-18(17)13-23(22)29-20-6-10-25-11-7-20;/h1-5,8-9,12-15,20,25,28H,6-7,10-11,16H2;1H. The van der Waals surface area contributed by atoms with Gasteiger partial charge in [-0.3, -0.25) is 9.97 Å². The lowest BCUT2D eigenvalue weighted by Gasteiger charge is -2.25. The summed E-state index contributed by atoms with van der Waals surface area (Å²) >= 11 is 1.80. The normalized spacial score (nSPS) is 14.2. The van der Waals surface area contributed by atoms with Crippen molar-refractivity contribution in [3.05, 3.63) is 72.1 Å². The second-order valence-electron chi connectivity index (χ2n) is 7.50. The van der Waals surface area contributed by atoms with Gasteiger partial charge in [0, 0.05) is 52.0 Å². The monoisotopic (exact) mass is 452 g/mol. The first-order valence-electron chi connectivity index (χ1n) is 10.3. The van der Waals surface area contributed by atoms with E-state index in [2.05, 4.69) is 50.9 Å². The zero-order valence-corrected chi connectivity index (χ0v) is 18.7. The van der Waals surface area contributed by atoms with E-state index in [1.807, 2.05) is 30.7 Å². The number of hydrogen-bond acceptors (Lipinski definition) is 6. The van der Waals surface area contributed by atoms with E-state index >= 15 is 0 Å². The van der Waals surface area contributed by atoms with Crippen LogP contribution >= 0.6 is 23.7 Å². The highest BCUT2D eigenvalue weighted by molar-refractivity contribution is 7.15. The molecule has 160 valence electrons. The molecule has 1 aliphatic rings. The molecule has 0 aliphatic carbocycles. The number of hydrogen-bond donors (Lipinski definition) is 2. The number of pyridine rings is 2. The Morgan fingerprint density at radius 1 is 1.00 bits per heavy atom. The van der Waals surface area contributed by atoms with Crippen molar-refractivity contribution >= 4 is 40.2 Å². The molecule has 1 aliphatic heterocycles. The van der Waals surface area contributed by atoms with Crippen LogP contribution in [0, 0.1) is 0 Å². The number of rotatable bonds is 6. The summed E-state index contributed by atoms with van der Waals surface area (Å²) in [6.45, 7) is 2.80. The number of aromatic nitrogens is 2. The lowest BCUT2D eigenvalue weighted by atomic mass is 10.1. The van der Waals surface area contributed by atoms with Crippen molar-refractivity contribution in [2.24, 2.45) is 0 Å². The Bertz CT molecular complexity index is 1130. The average Bonchev–Trinajstić information content (AvgIpc) is 3.27. The molecule has 0 atom stereocenters. The van der Waals surface area contributed by atoms with Gasteiger partial charge < -0.3 is 15.4 Å². The molecule has 5 nitrogen and oxygen atoms in total. The SMILES string of the molecule is Cl.c1cncc(NCc2ccc(-c3cc4ccncc4cc3OC3CCNCC3)s2)c1. The van der Waals surface area contributed by atoms with Crippen LogP contribution in [-0.4, -0.2) is 29.2 Å². The van der Waals surface area contributed by atoms with Crippen LogP contribution in [-0.2, 0) is 6.54 Å². The second-order valence-corrected chi connectivity index (χ2v) is 8.67. The molecular weight excluding hydrogens is 428 g/mol. The number of fused-ring (bicyclic) bond motifs is 1. The van der Waals surface area contributed by atoms with Gasteiger partial charge in [0.15, 0.2) is 0 Å². The van der Waals surface area contributed by atoms with Crippen molar-refractivity contribution in [1.29, 1.82) is 0 Å². The Hall–Kier alpha value is -2.67. The van der Waals surface area contributed by atoms with Crippen LogP contribution in [0.25, 0.3) is 21.2 Å². The van der Waals surface area contributed by atoms with E-state index < -0.39 is 0 Å². The second kappa shape index (κ2) is 10.1. The molecule has 5 rings (SSSR count). The molecule has 4 aromatic rings. The largest absolute Gasteiger partial charge is 0.490 e. The Labute approximate surface area is 192 Å². The third-order valence-corrected chi connectivity index (χ3v) is 6.49. The first-order valence-corrected chi connectivity index (χ1v) is 11.1. The zero-order valence-electron chi connectivity index (χ0n) is 17.1. The quantitative estimate of drug-likeness (QED) is 0.403. The van der Waals surface area contributed by atoms with Crippen LogP contribution in [0.15, 0.2) is 67.3 Å². The van der Waals surface area contributed by atoms with E-state index in [1.54, 1.807) is 17.5 Å². The van der Waals surface area contributed by atoms with Gasteiger partial charge in [0.2, 0.25) is 0 Å². The molecule has 0 radical (unpaired) electrons. The van der Waals surface area contributed by atoms with E-state index in [-0.39, 0.29) is 18.5 Å². The van der Waals surface area contributed by atoms with Crippen LogP contribution in [0.3, 0.4) is 0 Å². The molecule has 1 aromatic carbocycles. The summed E-state index contributed by atoms with van der Waals surface area (Å²) in [6.07, 6.45) is 9.71. The van der Waals surface area contributed by atoms with E-state index in [0.717, 1.165) is 54.9 Å². The molecule has 0 saturated carbocycles. The van der Waals surface area contributed by atoms with E-state index in [9.17, 15) is 0 Å². The van der Waals surface area contributed by atoms with Gasteiger partial charge in [0.1, 0.15) is 11.9 Å². The molecule has 0 bridgehead atoms. The summed E-state index contributed by atoms with van der Waals surface area (Å²) in [5, 5.41) is 9.14. The van der Waals surface area contributed by atoms with E-state index in [0.29, 0.717) is 0 Å². The number of piperidine rings is 1. The molecule has 4 heterocycles. The maximum atomic E-state index is 6.50. The molecule has 2 N–H and O–H groups in total. The number of anilines is 1. The smallest absolute Gasteiger partial charge is 0.129 e. The van der Waals surface area contributed by atoms with Gasteiger partial charge >= 0.3 is 0 Å². The predicted octanol–water partition coefficient (Wildman–Crippen LogP) is 5.52. The minimum Gasteiger partial charge on any atom is -0.490 e. The summed E-state index contributed by atoms with van der Waals surface area (Å²) < 4.78 is 6.50. The van der Waals surface area contributed by atoms with Crippen molar-refractivity contribution in [3.63, 3.8) is 0 Å². The highest BCUT2D eigenvalue weighted by atomic mass is 35.5. The fourth-order valence-electron chi connectivity index (χ4n) is 3.77. The van der Waals surface area contributed by atoms with Crippen LogP contribution in [0.1, 0.15) is 17.7 Å². The number of halogens is 1. The molecule has 0 spiro atoms. The number of thiophene rings is 1. The molecule has 1 fully saturated rings. The van der Waals surface area contributed by atoms with E-state index in [4.69, 9.17) is 4.74 Å². The summed E-state index contributed by atoms with van der Waals surface area (Å²) in [5.41, 5.74) is 2.19. The van der Waals surface area contributed by atoms with Gasteiger partial charge in [-0.1, -0.05) is 0 Å². The lowest BCUT2D eigenvalue weighted by Crippen LogP contribution is -2.34. The molecule has 7 heteroatoms. The fourth-order valence-corrected chi connectivity index (χ4v) is 4.74. The predicted molar refractivity (Wildman–Crippen MR) is 130 cm³/mol. The maximum absolute atomic E-state index is 6.50. The van der Waals surface area contributed by atoms with Gasteiger partial charge in [0.05, 0.1) is 5.69 Å². The van der Waals surface area contributed by atoms with Gasteiger partial charge in [-0.05, 0) is 73.8 Å². The molecule has 1 saturated heterocycles. The van der Waals surface area contributed by atoms with Gasteiger partial charge in [0.25, 0.3) is 0 Å². The molecular formula is C24H25ClN4OS. The molecule has 31 heavy (non-hydrogen) atoms. The Balaban J connectivity index is 0.00000231. The maximum Gasteiger partial charge on any atom is 0.129 e. The zero-order chi connectivity index (χ0) is 20.2. The number of benzene rings is 1. The number of nitrogens with zero attached hydrogens (tertiary/aromatic N) is 2. The van der Waals surface area contributed by atoms with E-state index in [1.165, 1.54) is 15.1 Å². The average molecular weight is 453 g/mol. The first kappa shape index (κ1) is 21.6. The summed E-state index contributed by atoms with van der Waals surface area (Å²) in [4.78, 5) is 10.9.